The van der Waals surface area contributed by atoms with Gasteiger partial charge in [-0.15, -0.1) is 0 Å². The first-order valence-electron chi connectivity index (χ1n) is 13.5. The Morgan fingerprint density at radius 2 is 1.54 bits per heavy atom. The van der Waals surface area contributed by atoms with Crippen LogP contribution in [0, 0.1) is 0 Å². The molecule has 2 N–H and O–H groups in total. The SMILES string of the molecule is C[C@H](C(=O)N1CCN(C)CC1)N(C)C(=O)[C@@H](Cc1ccc2ccccc2c1)N(C)C(=O)c1cccc(CN)c1. The van der Waals surface area contributed by atoms with E-state index < -0.39 is 12.1 Å². The summed E-state index contributed by atoms with van der Waals surface area (Å²) in [5.41, 5.74) is 8.05. The highest BCUT2D eigenvalue weighted by Crippen LogP contribution is 2.21. The van der Waals surface area contributed by atoms with Crippen molar-refractivity contribution in [2.75, 3.05) is 47.3 Å². The first-order valence-corrected chi connectivity index (χ1v) is 13.5. The van der Waals surface area contributed by atoms with Crippen LogP contribution < -0.4 is 5.73 Å². The molecule has 3 amide bonds. The van der Waals surface area contributed by atoms with Crippen molar-refractivity contribution in [2.24, 2.45) is 5.73 Å². The molecule has 1 aliphatic rings. The fourth-order valence-electron chi connectivity index (χ4n) is 5.04. The van der Waals surface area contributed by atoms with Crippen molar-refractivity contribution in [1.29, 1.82) is 0 Å². The molecular weight excluding hydrogens is 490 g/mol. The Kier molecular flexibility index (Phi) is 8.99. The molecule has 0 radical (unpaired) electrons. The Balaban J connectivity index is 1.61. The predicted molar refractivity (Wildman–Crippen MR) is 154 cm³/mol. The van der Waals surface area contributed by atoms with Gasteiger partial charge in [0.25, 0.3) is 5.91 Å². The lowest BCUT2D eigenvalue weighted by Gasteiger charge is -2.37. The zero-order chi connectivity index (χ0) is 28.1. The van der Waals surface area contributed by atoms with Gasteiger partial charge in [0.05, 0.1) is 0 Å². The van der Waals surface area contributed by atoms with Crippen molar-refractivity contribution < 1.29 is 14.4 Å². The molecule has 206 valence electrons. The van der Waals surface area contributed by atoms with Gasteiger partial charge in [0.15, 0.2) is 0 Å². The zero-order valence-electron chi connectivity index (χ0n) is 23.3. The van der Waals surface area contributed by atoms with E-state index in [4.69, 9.17) is 5.73 Å². The molecule has 39 heavy (non-hydrogen) atoms. The third-order valence-electron chi connectivity index (χ3n) is 7.83. The molecule has 2 atom stereocenters. The standard InChI is InChI=1S/C31H39N5O3/c1-22(29(37)36-16-14-33(2)15-17-36)34(3)31(39)28(20-23-12-13-25-9-5-6-10-26(25)18-23)35(4)30(38)27-11-7-8-24(19-27)21-32/h5-13,18-19,22,28H,14-17,20-21,32H2,1-4H3/t22-,28-/m1/s1. The van der Waals surface area contributed by atoms with Gasteiger partial charge in [-0.2, -0.15) is 0 Å². The zero-order valence-corrected chi connectivity index (χ0v) is 23.3. The number of rotatable bonds is 8. The van der Waals surface area contributed by atoms with E-state index in [1.54, 1.807) is 39.2 Å². The molecule has 1 saturated heterocycles. The average Bonchev–Trinajstić information content (AvgIpc) is 2.98. The van der Waals surface area contributed by atoms with Gasteiger partial charge in [-0.1, -0.05) is 54.6 Å². The van der Waals surface area contributed by atoms with E-state index in [2.05, 4.69) is 11.0 Å². The molecule has 8 heteroatoms. The minimum absolute atomic E-state index is 0.0759. The Morgan fingerprint density at radius 3 is 2.23 bits per heavy atom. The molecule has 0 unspecified atom stereocenters. The van der Waals surface area contributed by atoms with Crippen LogP contribution in [0.25, 0.3) is 10.8 Å². The van der Waals surface area contributed by atoms with Gasteiger partial charge in [-0.05, 0) is 48.0 Å². The number of nitrogens with two attached hydrogens (primary N) is 1. The number of benzene rings is 3. The number of likely N-dealkylation sites (N-methyl/N-ethyl adjacent to an activating group) is 3. The van der Waals surface area contributed by atoms with Gasteiger partial charge in [-0.25, -0.2) is 0 Å². The Hall–Kier alpha value is -3.75. The van der Waals surface area contributed by atoms with Crippen LogP contribution in [0.5, 0.6) is 0 Å². The van der Waals surface area contributed by atoms with Gasteiger partial charge < -0.3 is 25.3 Å². The Morgan fingerprint density at radius 1 is 0.846 bits per heavy atom. The van der Waals surface area contributed by atoms with Crippen molar-refractivity contribution in [2.45, 2.75) is 32.0 Å². The van der Waals surface area contributed by atoms with E-state index in [-0.39, 0.29) is 17.7 Å². The Labute approximate surface area is 231 Å². The molecule has 4 rings (SSSR count). The van der Waals surface area contributed by atoms with Gasteiger partial charge in [0.1, 0.15) is 12.1 Å². The van der Waals surface area contributed by atoms with E-state index >= 15 is 0 Å². The van der Waals surface area contributed by atoms with Crippen LogP contribution in [-0.2, 0) is 22.6 Å². The summed E-state index contributed by atoms with van der Waals surface area (Å²) in [6.07, 6.45) is 0.322. The maximum absolute atomic E-state index is 14.0. The molecule has 1 aliphatic heterocycles. The molecule has 3 aromatic carbocycles. The van der Waals surface area contributed by atoms with Crippen LogP contribution in [0.3, 0.4) is 0 Å². The first-order chi connectivity index (χ1) is 18.7. The topological polar surface area (TPSA) is 90.2 Å². The number of fused-ring (bicyclic) bond motifs is 1. The molecule has 0 aliphatic carbocycles. The number of carbonyl (C=O) groups excluding carboxylic acids is 3. The maximum Gasteiger partial charge on any atom is 0.254 e. The van der Waals surface area contributed by atoms with Gasteiger partial charge >= 0.3 is 0 Å². The number of hydrogen-bond donors (Lipinski definition) is 1. The minimum atomic E-state index is -0.798. The summed E-state index contributed by atoms with van der Waals surface area (Å²) in [6.45, 7) is 4.97. The lowest BCUT2D eigenvalue weighted by Crippen LogP contribution is -2.57. The third kappa shape index (κ3) is 6.46. The molecule has 8 nitrogen and oxygen atoms in total. The summed E-state index contributed by atoms with van der Waals surface area (Å²) < 4.78 is 0. The summed E-state index contributed by atoms with van der Waals surface area (Å²) in [7, 11) is 5.35. The highest BCUT2D eigenvalue weighted by atomic mass is 16.2. The Bertz CT molecular complexity index is 1330. The summed E-state index contributed by atoms with van der Waals surface area (Å²) in [5, 5.41) is 2.17. The minimum Gasteiger partial charge on any atom is -0.338 e. The van der Waals surface area contributed by atoms with Crippen LogP contribution in [0.4, 0.5) is 0 Å². The van der Waals surface area contributed by atoms with Crippen LogP contribution in [0.15, 0.2) is 66.7 Å². The lowest BCUT2D eigenvalue weighted by atomic mass is 9.99. The lowest BCUT2D eigenvalue weighted by molar-refractivity contribution is -0.146. The average molecular weight is 530 g/mol. The van der Waals surface area contributed by atoms with Crippen LogP contribution in [0.2, 0.25) is 0 Å². The number of carbonyl (C=O) groups is 3. The third-order valence-corrected chi connectivity index (χ3v) is 7.83. The molecule has 3 aromatic rings. The van der Waals surface area contributed by atoms with E-state index in [1.165, 1.54) is 9.80 Å². The van der Waals surface area contributed by atoms with Crippen molar-refractivity contribution in [3.05, 3.63) is 83.4 Å². The molecule has 0 bridgehead atoms. The van der Waals surface area contributed by atoms with Crippen LogP contribution in [0.1, 0.15) is 28.4 Å². The highest BCUT2D eigenvalue weighted by Gasteiger charge is 2.35. The number of nitrogens with zero attached hydrogens (tertiary/aromatic N) is 4. The van der Waals surface area contributed by atoms with E-state index in [0.29, 0.717) is 31.6 Å². The van der Waals surface area contributed by atoms with Crippen molar-refractivity contribution in [1.82, 2.24) is 19.6 Å². The summed E-state index contributed by atoms with van der Waals surface area (Å²) >= 11 is 0. The normalized spacial score (nSPS) is 15.6. The van der Waals surface area contributed by atoms with E-state index in [9.17, 15) is 14.4 Å². The molecular formula is C31H39N5O3. The summed E-state index contributed by atoms with van der Waals surface area (Å²) in [5.74, 6) is -0.618. The van der Waals surface area contributed by atoms with Crippen LogP contribution in [-0.4, -0.2) is 96.7 Å². The largest absolute Gasteiger partial charge is 0.338 e. The fraction of sp³-hybridized carbons (Fsp3) is 0.387. The molecule has 0 spiro atoms. The highest BCUT2D eigenvalue weighted by molar-refractivity contribution is 5.98. The van der Waals surface area contributed by atoms with Gasteiger partial charge in [0.2, 0.25) is 11.8 Å². The predicted octanol–water partition coefficient (Wildman–Crippen LogP) is 2.60. The molecule has 0 aromatic heterocycles. The van der Waals surface area contributed by atoms with Crippen molar-refractivity contribution >= 4 is 28.5 Å². The van der Waals surface area contributed by atoms with Crippen molar-refractivity contribution in [3.8, 4) is 0 Å². The second kappa shape index (κ2) is 12.4. The molecule has 1 heterocycles. The maximum atomic E-state index is 14.0. The summed E-state index contributed by atoms with van der Waals surface area (Å²) in [6, 6.07) is 19.8. The first kappa shape index (κ1) is 28.3. The second-order valence-corrected chi connectivity index (χ2v) is 10.5. The number of hydrogen-bond acceptors (Lipinski definition) is 5. The smallest absolute Gasteiger partial charge is 0.254 e. The van der Waals surface area contributed by atoms with Gasteiger partial charge in [0, 0.05) is 58.8 Å². The number of amides is 3. The van der Waals surface area contributed by atoms with E-state index in [0.717, 1.165) is 35.0 Å². The second-order valence-electron chi connectivity index (χ2n) is 10.5. The van der Waals surface area contributed by atoms with Gasteiger partial charge in [-0.3, -0.25) is 14.4 Å². The molecule has 0 saturated carbocycles. The molecule has 1 fully saturated rings. The quantitative estimate of drug-likeness (QED) is 0.485. The fourth-order valence-corrected chi connectivity index (χ4v) is 5.04. The van der Waals surface area contributed by atoms with E-state index in [1.807, 2.05) is 54.4 Å². The van der Waals surface area contributed by atoms with Crippen molar-refractivity contribution in [3.63, 3.8) is 0 Å². The summed E-state index contributed by atoms with van der Waals surface area (Å²) in [4.78, 5) is 47.9. The number of piperazine rings is 1. The monoisotopic (exact) mass is 529 g/mol. The van der Waals surface area contributed by atoms with Crippen LogP contribution >= 0.6 is 0 Å².